The van der Waals surface area contributed by atoms with Crippen LogP contribution >= 0.6 is 0 Å². The third-order valence-electron chi connectivity index (χ3n) is 6.63. The molecule has 0 radical (unpaired) electrons. The van der Waals surface area contributed by atoms with Gasteiger partial charge >= 0.3 is 5.97 Å². The molecule has 2 aliphatic rings. The molecule has 0 aliphatic carbocycles. The Labute approximate surface area is 186 Å². The average molecular weight is 434 g/mol. The van der Waals surface area contributed by atoms with Gasteiger partial charge in [-0.25, -0.2) is 4.79 Å². The van der Waals surface area contributed by atoms with Crippen LogP contribution in [0, 0.1) is 5.41 Å². The first kappa shape index (κ1) is 20.6. The van der Waals surface area contributed by atoms with Gasteiger partial charge in [-0.2, -0.15) is 0 Å². The topological polar surface area (TPSA) is 81.7 Å². The van der Waals surface area contributed by atoms with E-state index in [1.54, 1.807) is 12.5 Å². The van der Waals surface area contributed by atoms with E-state index in [0.717, 1.165) is 41.0 Å². The predicted octanol–water partition coefficient (Wildman–Crippen LogP) is 5.33. The van der Waals surface area contributed by atoms with Gasteiger partial charge in [-0.05, 0) is 43.4 Å². The fourth-order valence-corrected chi connectivity index (χ4v) is 5.09. The lowest BCUT2D eigenvalue weighted by molar-refractivity contribution is 0.0693. The van der Waals surface area contributed by atoms with Crippen molar-refractivity contribution in [3.8, 4) is 28.1 Å². The van der Waals surface area contributed by atoms with E-state index >= 15 is 0 Å². The summed E-state index contributed by atoms with van der Waals surface area (Å²) in [5, 5.41) is 9.56. The summed E-state index contributed by atoms with van der Waals surface area (Å²) in [6.07, 6.45) is 6.35. The largest absolute Gasteiger partial charge is 0.487 e. The van der Waals surface area contributed by atoms with Gasteiger partial charge in [-0.3, -0.25) is 4.79 Å². The highest BCUT2D eigenvalue weighted by molar-refractivity contribution is 5.88. The number of carboxylic acid groups (broad SMARTS) is 1. The number of aromatic carboxylic acids is 1. The molecule has 2 aromatic heterocycles. The number of aromatic nitrogens is 1. The molecule has 1 aromatic carbocycles. The molecule has 1 unspecified atom stereocenters. The molecule has 0 amide bonds. The number of nitrogens with zero attached hydrogens (tertiary/aromatic N) is 1. The fourth-order valence-electron chi connectivity index (χ4n) is 5.09. The minimum Gasteiger partial charge on any atom is -0.487 e. The lowest BCUT2D eigenvalue weighted by atomic mass is 9.76. The Morgan fingerprint density at radius 2 is 1.94 bits per heavy atom. The Hall–Kier alpha value is -3.28. The zero-order chi connectivity index (χ0) is 23.0. The molecule has 1 N–H and O–H groups in total. The Morgan fingerprint density at radius 3 is 2.56 bits per heavy atom. The summed E-state index contributed by atoms with van der Waals surface area (Å²) in [4.78, 5) is 24.4. The van der Waals surface area contributed by atoms with Crippen LogP contribution in [0.25, 0.3) is 22.4 Å². The molecular weight excluding hydrogens is 406 g/mol. The van der Waals surface area contributed by atoms with Crippen molar-refractivity contribution in [3.05, 3.63) is 63.8 Å². The Kier molecular flexibility index (Phi) is 4.26. The minimum absolute atomic E-state index is 0.00344. The number of carboxylic acids is 1. The monoisotopic (exact) mass is 433 g/mol. The van der Waals surface area contributed by atoms with Crippen molar-refractivity contribution in [3.63, 3.8) is 0 Å². The number of furan rings is 1. The van der Waals surface area contributed by atoms with Crippen molar-refractivity contribution >= 4 is 5.97 Å². The third kappa shape index (κ3) is 3.08. The first-order valence-electron chi connectivity index (χ1n) is 10.9. The minimum atomic E-state index is -1.20. The summed E-state index contributed by atoms with van der Waals surface area (Å²) < 4.78 is 13.7. The number of fused-ring (bicyclic) bond motifs is 5. The molecule has 0 saturated heterocycles. The second-order valence-corrected chi connectivity index (χ2v) is 10.5. The van der Waals surface area contributed by atoms with Gasteiger partial charge in [0.05, 0.1) is 18.2 Å². The first-order chi connectivity index (χ1) is 15.0. The highest BCUT2D eigenvalue weighted by Crippen LogP contribution is 2.51. The van der Waals surface area contributed by atoms with Gasteiger partial charge in [-0.15, -0.1) is 0 Å². The third-order valence-corrected chi connectivity index (χ3v) is 6.63. The van der Waals surface area contributed by atoms with E-state index in [4.69, 9.17) is 9.15 Å². The molecule has 0 saturated carbocycles. The lowest BCUT2D eigenvalue weighted by Gasteiger charge is -2.39. The standard InChI is InChI=1S/C26H27NO5/c1-25(2,3)22-9-16-17(20-10-21(28)19(24(29)30)12-27(20)22)8-15(14-6-7-31-13-14)23-18(16)11-26(4,5)32-23/h6-8,10,12-13,22H,9,11H2,1-5H3,(H,29,30). The van der Waals surface area contributed by atoms with Gasteiger partial charge in [0.2, 0.25) is 0 Å². The fraction of sp³-hybridized carbons (Fsp3) is 0.385. The summed E-state index contributed by atoms with van der Waals surface area (Å²) in [5.41, 5.74) is 4.72. The molecular formula is C26H27NO5. The number of hydrogen-bond acceptors (Lipinski definition) is 4. The van der Waals surface area contributed by atoms with E-state index in [1.165, 1.54) is 23.4 Å². The molecule has 166 valence electrons. The van der Waals surface area contributed by atoms with Crippen molar-refractivity contribution in [1.29, 1.82) is 0 Å². The number of hydrogen-bond donors (Lipinski definition) is 1. The lowest BCUT2D eigenvalue weighted by Crippen LogP contribution is -2.33. The van der Waals surface area contributed by atoms with Crippen LogP contribution in [0.4, 0.5) is 0 Å². The molecule has 5 rings (SSSR count). The maximum absolute atomic E-state index is 12.7. The Morgan fingerprint density at radius 1 is 1.19 bits per heavy atom. The second kappa shape index (κ2) is 6.61. The van der Waals surface area contributed by atoms with Gasteiger partial charge in [0.25, 0.3) is 0 Å². The first-order valence-corrected chi connectivity index (χ1v) is 10.9. The van der Waals surface area contributed by atoms with Gasteiger partial charge in [0.15, 0.2) is 5.43 Å². The number of pyridine rings is 1. The quantitative estimate of drug-likeness (QED) is 0.591. The molecule has 6 heteroatoms. The van der Waals surface area contributed by atoms with Crippen molar-refractivity contribution in [2.45, 2.75) is 59.1 Å². The van der Waals surface area contributed by atoms with E-state index in [0.29, 0.717) is 0 Å². The molecule has 2 aliphatic heterocycles. The maximum Gasteiger partial charge on any atom is 0.341 e. The van der Waals surface area contributed by atoms with E-state index in [9.17, 15) is 14.7 Å². The van der Waals surface area contributed by atoms with Crippen molar-refractivity contribution in [2.75, 3.05) is 0 Å². The van der Waals surface area contributed by atoms with Crippen LogP contribution in [-0.2, 0) is 12.8 Å². The number of ether oxygens (including phenoxy) is 1. The molecule has 3 aromatic rings. The summed E-state index contributed by atoms with van der Waals surface area (Å²) in [7, 11) is 0. The Balaban J connectivity index is 1.85. The number of benzene rings is 1. The molecule has 0 spiro atoms. The molecule has 6 nitrogen and oxygen atoms in total. The summed E-state index contributed by atoms with van der Waals surface area (Å²) in [5.74, 6) is -0.326. The second-order valence-electron chi connectivity index (χ2n) is 10.5. The van der Waals surface area contributed by atoms with E-state index < -0.39 is 11.4 Å². The van der Waals surface area contributed by atoms with Gasteiger partial charge in [-0.1, -0.05) is 20.8 Å². The van der Waals surface area contributed by atoms with Crippen LogP contribution in [0.15, 0.2) is 46.1 Å². The summed E-state index contributed by atoms with van der Waals surface area (Å²) in [6, 6.07) is 5.44. The highest BCUT2D eigenvalue weighted by Gasteiger charge is 2.40. The van der Waals surface area contributed by atoms with E-state index in [1.807, 2.05) is 10.6 Å². The summed E-state index contributed by atoms with van der Waals surface area (Å²) >= 11 is 0. The van der Waals surface area contributed by atoms with Crippen LogP contribution < -0.4 is 10.2 Å². The predicted molar refractivity (Wildman–Crippen MR) is 121 cm³/mol. The SMILES string of the molecule is CC1(C)Cc2c3c(cc(-c4ccoc4)c2O1)-c1cc(=O)c(C(=O)O)cn1C(C(C)(C)C)C3. The molecule has 32 heavy (non-hydrogen) atoms. The zero-order valence-electron chi connectivity index (χ0n) is 19.0. The van der Waals surface area contributed by atoms with Crippen molar-refractivity contribution in [2.24, 2.45) is 5.41 Å². The number of carbonyl (C=O) groups is 1. The molecule has 0 fully saturated rings. The summed E-state index contributed by atoms with van der Waals surface area (Å²) in [6.45, 7) is 10.6. The van der Waals surface area contributed by atoms with Crippen molar-refractivity contribution < 1.29 is 19.1 Å². The Bertz CT molecular complexity index is 1310. The highest BCUT2D eigenvalue weighted by atomic mass is 16.5. The smallest absolute Gasteiger partial charge is 0.341 e. The van der Waals surface area contributed by atoms with E-state index in [-0.39, 0.29) is 22.6 Å². The molecule has 0 bridgehead atoms. The zero-order valence-corrected chi connectivity index (χ0v) is 19.0. The maximum atomic E-state index is 12.7. The molecule has 1 atom stereocenters. The van der Waals surface area contributed by atoms with Crippen LogP contribution in [0.3, 0.4) is 0 Å². The van der Waals surface area contributed by atoms with Gasteiger partial charge in [0, 0.05) is 47.0 Å². The van der Waals surface area contributed by atoms with Crippen LogP contribution in [-0.4, -0.2) is 21.2 Å². The molecule has 4 heterocycles. The van der Waals surface area contributed by atoms with Gasteiger partial charge in [0.1, 0.15) is 16.9 Å². The van der Waals surface area contributed by atoms with Crippen LogP contribution in [0.1, 0.15) is 62.1 Å². The number of rotatable bonds is 2. The normalized spacial score (nSPS) is 18.5. The average Bonchev–Trinajstić information content (AvgIpc) is 3.32. The van der Waals surface area contributed by atoms with Crippen LogP contribution in [0.5, 0.6) is 5.75 Å². The van der Waals surface area contributed by atoms with E-state index in [2.05, 4.69) is 40.7 Å². The van der Waals surface area contributed by atoms with Gasteiger partial charge < -0.3 is 18.8 Å². The van der Waals surface area contributed by atoms with Crippen LogP contribution in [0.2, 0.25) is 0 Å². The van der Waals surface area contributed by atoms with Crippen molar-refractivity contribution in [1.82, 2.24) is 4.57 Å².